The fraction of sp³-hybridized carbons (Fsp3) is 0.500. The van der Waals surface area contributed by atoms with Gasteiger partial charge in [0, 0.05) is 24.2 Å². The highest BCUT2D eigenvalue weighted by Crippen LogP contribution is 2.41. The molecule has 10 heteroatoms. The molecular weight excluding hydrogens is 484 g/mol. The summed E-state index contributed by atoms with van der Waals surface area (Å²) in [6.45, 7) is 2.11. The predicted molar refractivity (Wildman–Crippen MR) is 123 cm³/mol. The van der Waals surface area contributed by atoms with Gasteiger partial charge in [-0.2, -0.15) is 26.3 Å². The largest absolute Gasteiger partial charge is 0.492 e. The number of piperidine rings is 1. The van der Waals surface area contributed by atoms with Crippen LogP contribution in [0.1, 0.15) is 67.7 Å². The van der Waals surface area contributed by atoms with Crippen LogP contribution in [0, 0.1) is 0 Å². The van der Waals surface area contributed by atoms with E-state index in [2.05, 4.69) is 10.3 Å². The number of hydrogen-bond donors (Lipinski definition) is 1. The Morgan fingerprint density at radius 3 is 2.33 bits per heavy atom. The van der Waals surface area contributed by atoms with Crippen LogP contribution in [0.3, 0.4) is 0 Å². The number of aromatic nitrogens is 2. The second-order valence-electron chi connectivity index (χ2n) is 9.94. The Bertz CT molecular complexity index is 1210. The van der Waals surface area contributed by atoms with Crippen LogP contribution in [0.2, 0.25) is 0 Å². The molecular formula is C26H27F6N3O. The SMILES string of the molecule is CC1CC(c2ccc(C(F)(F)F)cc2)CC(COc2cc(C(F)(F)F)c3c(c2)ncn3C2CCC2)N1. The highest BCUT2D eigenvalue weighted by molar-refractivity contribution is 5.82. The average Bonchev–Trinajstić information content (AvgIpc) is 3.18. The first-order valence-corrected chi connectivity index (χ1v) is 12.1. The predicted octanol–water partition coefficient (Wildman–Crippen LogP) is 7.10. The Hall–Kier alpha value is -2.75. The lowest BCUT2D eigenvalue weighted by atomic mass is 9.83. The number of rotatable bonds is 5. The molecule has 2 aliphatic rings. The van der Waals surface area contributed by atoms with E-state index >= 15 is 0 Å². The van der Waals surface area contributed by atoms with E-state index in [-0.39, 0.29) is 47.4 Å². The molecule has 1 aliphatic carbocycles. The van der Waals surface area contributed by atoms with Gasteiger partial charge >= 0.3 is 12.4 Å². The minimum Gasteiger partial charge on any atom is -0.492 e. The molecule has 0 amide bonds. The molecule has 5 rings (SSSR count). The number of nitrogens with one attached hydrogen (secondary N) is 1. The normalized spacial score (nSPS) is 23.6. The van der Waals surface area contributed by atoms with Crippen molar-refractivity contribution in [3.8, 4) is 5.75 Å². The number of alkyl halides is 6. The number of hydrogen-bond acceptors (Lipinski definition) is 3. The Balaban J connectivity index is 1.32. The Morgan fingerprint density at radius 1 is 1.00 bits per heavy atom. The summed E-state index contributed by atoms with van der Waals surface area (Å²) in [6.07, 6.45) is -3.45. The van der Waals surface area contributed by atoms with Gasteiger partial charge in [-0.15, -0.1) is 0 Å². The molecule has 3 unspecified atom stereocenters. The summed E-state index contributed by atoms with van der Waals surface area (Å²) in [5, 5.41) is 3.39. The van der Waals surface area contributed by atoms with Crippen molar-refractivity contribution in [1.82, 2.24) is 14.9 Å². The third kappa shape index (κ3) is 5.05. The molecule has 2 heterocycles. The maximum absolute atomic E-state index is 13.9. The van der Waals surface area contributed by atoms with Gasteiger partial charge in [0.1, 0.15) is 12.4 Å². The summed E-state index contributed by atoms with van der Waals surface area (Å²) in [5.41, 5.74) is -0.301. The molecule has 0 spiro atoms. The Morgan fingerprint density at radius 2 is 1.72 bits per heavy atom. The molecule has 2 aromatic carbocycles. The van der Waals surface area contributed by atoms with Crippen molar-refractivity contribution in [1.29, 1.82) is 0 Å². The zero-order valence-electron chi connectivity index (χ0n) is 19.7. The van der Waals surface area contributed by atoms with Gasteiger partial charge in [-0.25, -0.2) is 4.98 Å². The third-order valence-corrected chi connectivity index (χ3v) is 7.30. The lowest BCUT2D eigenvalue weighted by Crippen LogP contribution is -2.46. The van der Waals surface area contributed by atoms with Gasteiger partial charge in [-0.1, -0.05) is 12.1 Å². The van der Waals surface area contributed by atoms with Crippen LogP contribution in [0.4, 0.5) is 26.3 Å². The monoisotopic (exact) mass is 511 g/mol. The molecule has 1 aliphatic heterocycles. The van der Waals surface area contributed by atoms with E-state index in [1.807, 2.05) is 6.92 Å². The van der Waals surface area contributed by atoms with Crippen molar-refractivity contribution in [2.24, 2.45) is 0 Å². The van der Waals surface area contributed by atoms with Gasteiger partial charge in [-0.05, 0) is 68.7 Å². The van der Waals surface area contributed by atoms with E-state index in [0.29, 0.717) is 6.42 Å². The van der Waals surface area contributed by atoms with Crippen LogP contribution in [-0.4, -0.2) is 28.2 Å². The van der Waals surface area contributed by atoms with E-state index in [4.69, 9.17) is 4.74 Å². The van der Waals surface area contributed by atoms with Crippen LogP contribution in [-0.2, 0) is 12.4 Å². The summed E-state index contributed by atoms with van der Waals surface area (Å²) in [4.78, 5) is 4.23. The van der Waals surface area contributed by atoms with Crippen LogP contribution in [0.25, 0.3) is 11.0 Å². The van der Waals surface area contributed by atoms with Crippen LogP contribution in [0.5, 0.6) is 5.75 Å². The van der Waals surface area contributed by atoms with Gasteiger partial charge in [0.15, 0.2) is 0 Å². The first-order valence-electron chi connectivity index (χ1n) is 12.1. The van der Waals surface area contributed by atoms with Gasteiger partial charge in [0.2, 0.25) is 0 Å². The molecule has 2 fully saturated rings. The topological polar surface area (TPSA) is 39.1 Å². The second kappa shape index (κ2) is 9.28. The Labute approximate surface area is 204 Å². The minimum atomic E-state index is -4.55. The highest BCUT2D eigenvalue weighted by atomic mass is 19.4. The molecule has 3 aromatic rings. The third-order valence-electron chi connectivity index (χ3n) is 7.30. The lowest BCUT2D eigenvalue weighted by molar-refractivity contribution is -0.138. The standard InChI is InChI=1S/C26H27F6N3O/c1-15-9-17(16-5-7-18(8-6-16)25(27,28)29)10-19(34-15)13-36-21-11-22(26(30,31)32)24-23(12-21)33-14-35(24)20-3-2-4-20/h5-8,11-12,14-15,17,19-20,34H,2-4,9-10,13H2,1H3. The molecule has 1 saturated carbocycles. The molecule has 1 aromatic heterocycles. The average molecular weight is 512 g/mol. The van der Waals surface area contributed by atoms with Crippen molar-refractivity contribution in [2.75, 3.05) is 6.61 Å². The number of benzene rings is 2. The van der Waals surface area contributed by atoms with Crippen molar-refractivity contribution in [3.05, 3.63) is 59.4 Å². The maximum Gasteiger partial charge on any atom is 0.418 e. The number of ether oxygens (including phenoxy) is 1. The quantitative estimate of drug-likeness (QED) is 0.372. The van der Waals surface area contributed by atoms with Crippen molar-refractivity contribution < 1.29 is 31.1 Å². The van der Waals surface area contributed by atoms with E-state index in [9.17, 15) is 26.3 Å². The van der Waals surface area contributed by atoms with E-state index in [1.165, 1.54) is 18.5 Å². The molecule has 1 saturated heterocycles. The first kappa shape index (κ1) is 24.9. The molecule has 0 radical (unpaired) electrons. The van der Waals surface area contributed by atoms with Crippen molar-refractivity contribution in [3.63, 3.8) is 0 Å². The first-order chi connectivity index (χ1) is 17.0. The van der Waals surface area contributed by atoms with Crippen LogP contribution >= 0.6 is 0 Å². The Kier molecular flexibility index (Phi) is 6.43. The lowest BCUT2D eigenvalue weighted by Gasteiger charge is -2.35. The molecule has 4 nitrogen and oxygen atoms in total. The number of imidazole rings is 1. The summed E-state index contributed by atoms with van der Waals surface area (Å²) in [7, 11) is 0. The zero-order valence-corrected chi connectivity index (χ0v) is 19.7. The number of fused-ring (bicyclic) bond motifs is 1. The fourth-order valence-electron chi connectivity index (χ4n) is 5.32. The van der Waals surface area contributed by atoms with Crippen LogP contribution < -0.4 is 10.1 Å². The number of halogens is 6. The summed E-state index contributed by atoms with van der Waals surface area (Å²) in [6, 6.07) is 7.71. The second-order valence-corrected chi connectivity index (χ2v) is 9.94. The molecule has 194 valence electrons. The maximum atomic E-state index is 13.9. The summed E-state index contributed by atoms with van der Waals surface area (Å²) >= 11 is 0. The fourth-order valence-corrected chi connectivity index (χ4v) is 5.32. The van der Waals surface area contributed by atoms with E-state index < -0.39 is 23.5 Å². The highest BCUT2D eigenvalue weighted by Gasteiger charge is 2.37. The van der Waals surface area contributed by atoms with Crippen molar-refractivity contribution in [2.45, 2.75) is 75.4 Å². The van der Waals surface area contributed by atoms with Crippen molar-refractivity contribution >= 4 is 11.0 Å². The van der Waals surface area contributed by atoms with Gasteiger partial charge < -0.3 is 14.6 Å². The number of nitrogens with zero attached hydrogens (tertiary/aromatic N) is 2. The minimum absolute atomic E-state index is 0.0172. The molecule has 0 bridgehead atoms. The van der Waals surface area contributed by atoms with Gasteiger partial charge in [-0.3, -0.25) is 0 Å². The summed E-state index contributed by atoms with van der Waals surface area (Å²) < 4.78 is 88.0. The van der Waals surface area contributed by atoms with Crippen LogP contribution in [0.15, 0.2) is 42.7 Å². The molecule has 3 atom stereocenters. The smallest absolute Gasteiger partial charge is 0.418 e. The zero-order chi connectivity index (χ0) is 25.7. The molecule has 36 heavy (non-hydrogen) atoms. The molecule has 1 N–H and O–H groups in total. The van der Waals surface area contributed by atoms with Gasteiger partial charge in [0.25, 0.3) is 0 Å². The summed E-state index contributed by atoms with van der Waals surface area (Å²) in [5.74, 6) is 0.114. The van der Waals surface area contributed by atoms with E-state index in [1.54, 1.807) is 10.6 Å². The van der Waals surface area contributed by atoms with Gasteiger partial charge in [0.05, 0.1) is 28.5 Å². The van der Waals surface area contributed by atoms with E-state index in [0.717, 1.165) is 49.4 Å².